The molecule has 1 heterocycles. The number of hydrogen-bond donors (Lipinski definition) is 1. The molecule has 1 amide bonds. The van der Waals surface area contributed by atoms with Gasteiger partial charge in [-0.05, 0) is 12.1 Å². The lowest BCUT2D eigenvalue weighted by Crippen LogP contribution is -2.24. The van der Waals surface area contributed by atoms with Crippen molar-refractivity contribution in [3.05, 3.63) is 28.0 Å². The molecule has 0 fully saturated rings. The highest BCUT2D eigenvalue weighted by Gasteiger charge is 2.12. The van der Waals surface area contributed by atoms with Gasteiger partial charge in [0, 0.05) is 20.0 Å². The minimum Gasteiger partial charge on any atom is -0.355 e. The molecule has 0 atom stereocenters. The first-order valence-electron chi connectivity index (χ1n) is 5.67. The number of nitrogens with zero attached hydrogens (tertiary/aromatic N) is 2. The molecule has 1 aromatic heterocycles. The number of rotatable bonds is 4. The molecule has 0 aliphatic carbocycles. The number of amides is 1. The lowest BCUT2D eigenvalue weighted by Gasteiger charge is -2.08. The molecule has 0 spiro atoms. The molecule has 0 aliphatic rings. The fraction of sp³-hybridized carbons (Fsp3) is 0.333. The van der Waals surface area contributed by atoms with Crippen LogP contribution in [0.15, 0.2) is 12.1 Å². The molecule has 2 aromatic rings. The van der Waals surface area contributed by atoms with Crippen LogP contribution >= 0.6 is 34.8 Å². The summed E-state index contributed by atoms with van der Waals surface area (Å²) in [5.41, 5.74) is 1.60. The van der Waals surface area contributed by atoms with Gasteiger partial charge < -0.3 is 9.88 Å². The maximum Gasteiger partial charge on any atom is 0.216 e. The van der Waals surface area contributed by atoms with Gasteiger partial charge in [-0.2, -0.15) is 0 Å². The van der Waals surface area contributed by atoms with Crippen LogP contribution in [0.1, 0.15) is 12.7 Å². The molecule has 102 valence electrons. The molecule has 7 heteroatoms. The number of hydrogen-bond acceptors (Lipinski definition) is 2. The van der Waals surface area contributed by atoms with Crippen LogP contribution in [0.25, 0.3) is 11.0 Å². The van der Waals surface area contributed by atoms with Crippen molar-refractivity contribution in [2.75, 3.05) is 6.54 Å². The molecule has 0 bridgehead atoms. The van der Waals surface area contributed by atoms with Crippen LogP contribution in [0.4, 0.5) is 0 Å². The van der Waals surface area contributed by atoms with E-state index in [1.54, 1.807) is 12.1 Å². The van der Waals surface area contributed by atoms with Crippen molar-refractivity contribution >= 4 is 51.7 Å². The van der Waals surface area contributed by atoms with Crippen molar-refractivity contribution in [2.45, 2.75) is 19.3 Å². The van der Waals surface area contributed by atoms with Gasteiger partial charge in [-0.3, -0.25) is 4.79 Å². The summed E-state index contributed by atoms with van der Waals surface area (Å²) < 4.78 is 1.93. The molecule has 2 rings (SSSR count). The molecule has 1 N–H and O–H groups in total. The second-order valence-corrected chi connectivity index (χ2v) is 5.13. The van der Waals surface area contributed by atoms with Crippen molar-refractivity contribution in [1.29, 1.82) is 0 Å². The Morgan fingerprint density at radius 3 is 2.68 bits per heavy atom. The third-order valence-electron chi connectivity index (χ3n) is 2.70. The largest absolute Gasteiger partial charge is 0.355 e. The SMILES string of the molecule is CC(=O)NCCn1c(CCl)nc2cc(Cl)c(Cl)cc21. The van der Waals surface area contributed by atoms with E-state index >= 15 is 0 Å². The molecule has 0 radical (unpaired) electrons. The Labute approximate surface area is 125 Å². The zero-order valence-corrected chi connectivity index (χ0v) is 12.5. The number of carbonyl (C=O) groups is 1. The maximum atomic E-state index is 10.9. The van der Waals surface area contributed by atoms with E-state index in [2.05, 4.69) is 10.3 Å². The number of aromatic nitrogens is 2. The number of carbonyl (C=O) groups excluding carboxylic acids is 1. The zero-order chi connectivity index (χ0) is 14.0. The van der Waals surface area contributed by atoms with Crippen molar-refractivity contribution < 1.29 is 4.79 Å². The van der Waals surface area contributed by atoms with E-state index in [9.17, 15) is 4.79 Å². The van der Waals surface area contributed by atoms with E-state index in [0.29, 0.717) is 23.1 Å². The number of benzene rings is 1. The Morgan fingerprint density at radius 1 is 1.37 bits per heavy atom. The molecular weight excluding hydrogens is 309 g/mol. The molecule has 0 unspecified atom stereocenters. The van der Waals surface area contributed by atoms with E-state index in [4.69, 9.17) is 34.8 Å². The lowest BCUT2D eigenvalue weighted by molar-refractivity contribution is -0.118. The van der Waals surface area contributed by atoms with Gasteiger partial charge in [0.15, 0.2) is 0 Å². The quantitative estimate of drug-likeness (QED) is 0.879. The maximum absolute atomic E-state index is 10.9. The summed E-state index contributed by atoms with van der Waals surface area (Å²) in [7, 11) is 0. The summed E-state index contributed by atoms with van der Waals surface area (Å²) in [4.78, 5) is 15.3. The Hall–Kier alpha value is -0.970. The first-order valence-corrected chi connectivity index (χ1v) is 6.96. The average molecular weight is 321 g/mol. The van der Waals surface area contributed by atoms with Gasteiger partial charge >= 0.3 is 0 Å². The Morgan fingerprint density at radius 2 is 2.05 bits per heavy atom. The average Bonchev–Trinajstić information content (AvgIpc) is 2.67. The Balaban J connectivity index is 2.39. The zero-order valence-electron chi connectivity index (χ0n) is 10.2. The third-order valence-corrected chi connectivity index (χ3v) is 3.66. The molecule has 19 heavy (non-hydrogen) atoms. The Kier molecular flexibility index (Phi) is 4.55. The summed E-state index contributed by atoms with van der Waals surface area (Å²) in [5.74, 6) is 0.933. The van der Waals surface area contributed by atoms with Crippen LogP contribution in [0, 0.1) is 0 Å². The van der Waals surface area contributed by atoms with Crippen molar-refractivity contribution in [3.63, 3.8) is 0 Å². The number of halogens is 3. The van der Waals surface area contributed by atoms with Gasteiger partial charge in [0.05, 0.1) is 27.0 Å². The smallest absolute Gasteiger partial charge is 0.216 e. The number of nitrogens with one attached hydrogen (secondary N) is 1. The fourth-order valence-corrected chi connectivity index (χ4v) is 2.39. The van der Waals surface area contributed by atoms with E-state index in [0.717, 1.165) is 16.9 Å². The van der Waals surface area contributed by atoms with Crippen molar-refractivity contribution in [2.24, 2.45) is 0 Å². The molecule has 0 aliphatic heterocycles. The highest BCUT2D eigenvalue weighted by molar-refractivity contribution is 6.42. The summed E-state index contributed by atoms with van der Waals surface area (Å²) in [6.07, 6.45) is 0. The van der Waals surface area contributed by atoms with Crippen LogP contribution in [-0.2, 0) is 17.2 Å². The van der Waals surface area contributed by atoms with Gasteiger partial charge in [0.1, 0.15) is 5.82 Å². The van der Waals surface area contributed by atoms with Gasteiger partial charge in [-0.25, -0.2) is 4.98 Å². The van der Waals surface area contributed by atoms with Crippen LogP contribution in [-0.4, -0.2) is 22.0 Å². The van der Waals surface area contributed by atoms with E-state index in [-0.39, 0.29) is 11.8 Å². The minimum atomic E-state index is -0.0714. The topological polar surface area (TPSA) is 46.9 Å². The van der Waals surface area contributed by atoms with Crippen molar-refractivity contribution in [3.8, 4) is 0 Å². The molecular formula is C12H12Cl3N3O. The highest BCUT2D eigenvalue weighted by Crippen LogP contribution is 2.28. The van der Waals surface area contributed by atoms with Gasteiger partial charge in [-0.1, -0.05) is 23.2 Å². The normalized spacial score (nSPS) is 10.9. The van der Waals surface area contributed by atoms with Gasteiger partial charge in [-0.15, -0.1) is 11.6 Å². The first-order chi connectivity index (χ1) is 9.02. The summed E-state index contributed by atoms with van der Waals surface area (Å²) in [6.45, 7) is 2.56. The monoisotopic (exact) mass is 319 g/mol. The molecule has 1 aromatic carbocycles. The van der Waals surface area contributed by atoms with Gasteiger partial charge in [0.25, 0.3) is 0 Å². The Bertz CT molecular complexity index is 624. The van der Waals surface area contributed by atoms with Crippen LogP contribution in [0.5, 0.6) is 0 Å². The van der Waals surface area contributed by atoms with Gasteiger partial charge in [0.2, 0.25) is 5.91 Å². The van der Waals surface area contributed by atoms with Crippen molar-refractivity contribution in [1.82, 2.24) is 14.9 Å². The van der Waals surface area contributed by atoms with E-state index < -0.39 is 0 Å². The number of imidazole rings is 1. The predicted molar refractivity (Wildman–Crippen MR) is 78.0 cm³/mol. The summed E-state index contributed by atoms with van der Waals surface area (Å²) >= 11 is 17.9. The van der Waals surface area contributed by atoms with Crippen LogP contribution in [0.3, 0.4) is 0 Å². The fourth-order valence-electron chi connectivity index (χ4n) is 1.87. The highest BCUT2D eigenvalue weighted by atomic mass is 35.5. The summed E-state index contributed by atoms with van der Waals surface area (Å²) in [6, 6.07) is 3.47. The lowest BCUT2D eigenvalue weighted by atomic mass is 10.3. The van der Waals surface area contributed by atoms with E-state index in [1.165, 1.54) is 6.92 Å². The van der Waals surface area contributed by atoms with Crippen LogP contribution in [0.2, 0.25) is 10.0 Å². The minimum absolute atomic E-state index is 0.0714. The standard InChI is InChI=1S/C12H12Cl3N3O/c1-7(19)16-2-3-18-11-5-9(15)8(14)4-10(11)17-12(18)6-13/h4-5H,2-3,6H2,1H3,(H,16,19). The third kappa shape index (κ3) is 3.14. The number of alkyl halides is 1. The molecule has 0 saturated carbocycles. The second-order valence-electron chi connectivity index (χ2n) is 4.05. The number of fused-ring (bicyclic) bond motifs is 1. The first kappa shape index (κ1) is 14.4. The summed E-state index contributed by atoms with van der Waals surface area (Å²) in [5, 5.41) is 3.66. The molecule has 0 saturated heterocycles. The predicted octanol–water partition coefficient (Wildman–Crippen LogP) is 3.22. The molecule has 4 nitrogen and oxygen atoms in total. The van der Waals surface area contributed by atoms with E-state index in [1.807, 2.05) is 4.57 Å². The second kappa shape index (κ2) is 5.99. The van der Waals surface area contributed by atoms with Crippen LogP contribution < -0.4 is 5.32 Å².